The summed E-state index contributed by atoms with van der Waals surface area (Å²) in [6, 6.07) is 8.34. The molecule has 0 fully saturated rings. The molecule has 0 unspecified atom stereocenters. The number of halogens is 1. The first-order chi connectivity index (χ1) is 7.59. The summed E-state index contributed by atoms with van der Waals surface area (Å²) in [4.78, 5) is 14.9. The van der Waals surface area contributed by atoms with E-state index in [9.17, 15) is 13.2 Å². The topological polar surface area (TPSA) is 102 Å². The fraction of sp³-hybridized carbons (Fsp3) is 0.111. The molecule has 0 bridgehead atoms. The minimum atomic E-state index is -2.60. The zero-order valence-electron chi connectivity index (χ0n) is 8.70. The van der Waals surface area contributed by atoms with E-state index < -0.39 is 16.6 Å². The molecule has 0 radical (unpaired) electrons. The van der Waals surface area contributed by atoms with Crippen molar-refractivity contribution >= 4 is 35.0 Å². The number of nitrogens with two attached hydrogens (primary N) is 1. The van der Waals surface area contributed by atoms with E-state index in [4.69, 9.17) is 5.73 Å². The van der Waals surface area contributed by atoms with Gasteiger partial charge >= 0.3 is 0 Å². The molecule has 3 N–H and O–H groups in total. The van der Waals surface area contributed by atoms with Gasteiger partial charge in [-0.3, -0.25) is 4.79 Å². The fourth-order valence-corrected chi connectivity index (χ4v) is 1.23. The molecule has 94 valence electrons. The summed E-state index contributed by atoms with van der Waals surface area (Å²) >= 11 is 0. The smallest absolute Gasteiger partial charge is 0.280 e. The Balaban J connectivity index is 0.00000256. The lowest BCUT2D eigenvalue weighted by atomic mass is 10.2. The van der Waals surface area contributed by atoms with Gasteiger partial charge in [0.05, 0.1) is 0 Å². The first-order valence-electron chi connectivity index (χ1n) is 4.39. The molecule has 0 heterocycles. The molecule has 8 heteroatoms. The third-order valence-corrected chi connectivity index (χ3v) is 2.05. The van der Waals surface area contributed by atoms with Crippen LogP contribution in [0.4, 0.5) is 0 Å². The molecule has 0 aliphatic rings. The summed E-state index contributed by atoms with van der Waals surface area (Å²) in [7, 11) is -2.60. The van der Waals surface area contributed by atoms with Crippen molar-refractivity contribution in [3.63, 3.8) is 0 Å². The number of hydrogen-bond donors (Lipinski definition) is 3. The highest BCUT2D eigenvalue weighted by molar-refractivity contribution is 7.72. The number of guanidine groups is 1. The van der Waals surface area contributed by atoms with Crippen molar-refractivity contribution in [3.05, 3.63) is 35.9 Å². The quantitative estimate of drug-likeness (QED) is 0.401. The van der Waals surface area contributed by atoms with Crippen LogP contribution in [0, 0.1) is 0 Å². The number of hydrogen-bond acceptors (Lipinski definition) is 3. The van der Waals surface area contributed by atoms with Crippen molar-refractivity contribution in [1.82, 2.24) is 5.32 Å². The van der Waals surface area contributed by atoms with Crippen LogP contribution >= 0.6 is 12.4 Å². The number of carbonyl (C=O) groups is 1. The van der Waals surface area contributed by atoms with Gasteiger partial charge in [-0.05, 0) is 12.1 Å². The number of aliphatic imine (C=N–C) groups is 1. The number of amides is 1. The minimum Gasteiger partial charge on any atom is -0.370 e. The maximum absolute atomic E-state index is 11.4. The number of nitrogens with zero attached hydrogens (tertiary/aromatic N) is 1. The van der Waals surface area contributed by atoms with Crippen LogP contribution < -0.4 is 11.1 Å². The molecule has 0 aliphatic heterocycles. The van der Waals surface area contributed by atoms with Crippen molar-refractivity contribution in [3.8, 4) is 0 Å². The van der Waals surface area contributed by atoms with E-state index in [1.165, 1.54) is 0 Å². The van der Waals surface area contributed by atoms with Crippen molar-refractivity contribution in [2.75, 3.05) is 5.88 Å². The Morgan fingerprint density at radius 3 is 2.41 bits per heavy atom. The van der Waals surface area contributed by atoms with Crippen LogP contribution in [0.5, 0.6) is 0 Å². The fourth-order valence-electron chi connectivity index (χ4n) is 0.940. The third-order valence-electron chi connectivity index (χ3n) is 1.63. The second-order valence-corrected chi connectivity index (χ2v) is 3.82. The Morgan fingerprint density at radius 1 is 1.29 bits per heavy atom. The van der Waals surface area contributed by atoms with Crippen LogP contribution in [0.3, 0.4) is 0 Å². The normalized spacial score (nSPS) is 10.8. The maximum Gasteiger partial charge on any atom is 0.280 e. The Morgan fingerprint density at radius 2 is 1.88 bits per heavy atom. The van der Waals surface area contributed by atoms with E-state index in [-0.39, 0.29) is 24.2 Å². The highest BCUT2D eigenvalue weighted by Gasteiger charge is 2.03. The maximum atomic E-state index is 11.4. The van der Waals surface area contributed by atoms with E-state index in [1.807, 2.05) is 0 Å². The third kappa shape index (κ3) is 5.88. The summed E-state index contributed by atoms with van der Waals surface area (Å²) in [5.41, 5.74) is 5.70. The lowest BCUT2D eigenvalue weighted by molar-refractivity contribution is 0.100. The highest BCUT2D eigenvalue weighted by Crippen LogP contribution is 1.99. The lowest BCUT2D eigenvalue weighted by Crippen LogP contribution is -2.33. The van der Waals surface area contributed by atoms with Gasteiger partial charge in [0.1, 0.15) is 5.88 Å². The number of thiol groups is 1. The van der Waals surface area contributed by atoms with E-state index >= 15 is 0 Å². The summed E-state index contributed by atoms with van der Waals surface area (Å²) in [6.45, 7) is 0. The minimum absolute atomic E-state index is 0. The molecule has 0 atom stereocenters. The van der Waals surface area contributed by atoms with Gasteiger partial charge in [-0.25, -0.2) is 8.42 Å². The SMILES string of the molecule is Cl.NC(=NC(=O)c1ccccc1)NC[SH](=O)=O. The number of rotatable bonds is 3. The molecule has 0 aliphatic carbocycles. The first kappa shape index (κ1) is 15.4. The predicted molar refractivity (Wildman–Crippen MR) is 68.0 cm³/mol. The average Bonchev–Trinajstić information content (AvgIpc) is 2.27. The predicted octanol–water partition coefficient (Wildman–Crippen LogP) is -0.278. The van der Waals surface area contributed by atoms with Gasteiger partial charge in [-0.15, -0.1) is 12.4 Å². The standard InChI is InChI=1S/C9H11N3O3S.ClH/c10-9(11-6-16(14)15)12-8(13)7-4-2-1-3-5-7;/h1-5,16H,6H2,(H3,10,11,12,13);1H. The Kier molecular flexibility index (Phi) is 6.92. The van der Waals surface area contributed by atoms with Gasteiger partial charge in [0, 0.05) is 5.56 Å². The largest absolute Gasteiger partial charge is 0.370 e. The second kappa shape index (κ2) is 7.64. The van der Waals surface area contributed by atoms with Gasteiger partial charge in [0.2, 0.25) is 0 Å². The molecule has 1 amide bonds. The molecule has 6 nitrogen and oxygen atoms in total. The number of benzene rings is 1. The zero-order valence-corrected chi connectivity index (χ0v) is 10.4. The molecule has 1 rings (SSSR count). The summed E-state index contributed by atoms with van der Waals surface area (Å²) in [5, 5.41) is 2.29. The Hall–Kier alpha value is -1.60. The molecular formula is C9H12ClN3O3S. The molecular weight excluding hydrogens is 266 g/mol. The molecule has 1 aromatic carbocycles. The Labute approximate surface area is 106 Å². The summed E-state index contributed by atoms with van der Waals surface area (Å²) in [6.07, 6.45) is 0. The van der Waals surface area contributed by atoms with Gasteiger partial charge < -0.3 is 11.1 Å². The second-order valence-electron chi connectivity index (χ2n) is 2.84. The molecule has 0 saturated carbocycles. The van der Waals surface area contributed by atoms with E-state index in [0.29, 0.717) is 5.56 Å². The Bertz CT molecular complexity index is 466. The van der Waals surface area contributed by atoms with E-state index in [1.54, 1.807) is 30.3 Å². The van der Waals surface area contributed by atoms with Crippen LogP contribution in [-0.4, -0.2) is 26.2 Å². The summed E-state index contributed by atoms with van der Waals surface area (Å²) < 4.78 is 20.5. The van der Waals surface area contributed by atoms with Crippen molar-refractivity contribution < 1.29 is 13.2 Å². The zero-order chi connectivity index (χ0) is 12.0. The molecule has 17 heavy (non-hydrogen) atoms. The molecule has 0 saturated heterocycles. The monoisotopic (exact) mass is 277 g/mol. The molecule has 0 aromatic heterocycles. The average molecular weight is 278 g/mol. The lowest BCUT2D eigenvalue weighted by Gasteiger charge is -2.00. The van der Waals surface area contributed by atoms with Crippen LogP contribution in [0.2, 0.25) is 0 Å². The van der Waals surface area contributed by atoms with Crippen molar-refractivity contribution in [1.29, 1.82) is 0 Å². The van der Waals surface area contributed by atoms with Crippen LogP contribution in [0.25, 0.3) is 0 Å². The van der Waals surface area contributed by atoms with Gasteiger partial charge in [-0.1, -0.05) is 18.2 Å². The first-order valence-corrected chi connectivity index (χ1v) is 5.75. The number of nitrogens with one attached hydrogen (secondary N) is 1. The van der Waals surface area contributed by atoms with Gasteiger partial charge in [0.15, 0.2) is 16.7 Å². The van der Waals surface area contributed by atoms with Crippen LogP contribution in [0.15, 0.2) is 35.3 Å². The van der Waals surface area contributed by atoms with Gasteiger partial charge in [-0.2, -0.15) is 4.99 Å². The molecule has 0 spiro atoms. The summed E-state index contributed by atoms with van der Waals surface area (Å²) in [5.74, 6) is -1.08. The number of carbonyl (C=O) groups excluding carboxylic acids is 1. The van der Waals surface area contributed by atoms with Crippen molar-refractivity contribution in [2.45, 2.75) is 0 Å². The van der Waals surface area contributed by atoms with Crippen LogP contribution in [0.1, 0.15) is 10.4 Å². The highest BCUT2D eigenvalue weighted by atomic mass is 35.5. The van der Waals surface area contributed by atoms with Crippen molar-refractivity contribution in [2.24, 2.45) is 10.7 Å². The molecule has 1 aromatic rings. The van der Waals surface area contributed by atoms with E-state index in [0.717, 1.165) is 0 Å². The van der Waals surface area contributed by atoms with E-state index in [2.05, 4.69) is 10.3 Å². The van der Waals surface area contributed by atoms with Gasteiger partial charge in [0.25, 0.3) is 5.91 Å². The van der Waals surface area contributed by atoms with Crippen LogP contribution in [-0.2, 0) is 10.7 Å².